The number of likely N-dealkylation sites (N-methyl/N-ethyl adjacent to an activating group) is 2. The summed E-state index contributed by atoms with van der Waals surface area (Å²) < 4.78 is 5.83. The molecule has 1 aliphatic heterocycles. The van der Waals surface area contributed by atoms with E-state index in [9.17, 15) is 0 Å². The molecule has 2 unspecified atom stereocenters. The third kappa shape index (κ3) is 2.69. The lowest BCUT2D eigenvalue weighted by atomic mass is 10.0. The van der Waals surface area contributed by atoms with Crippen molar-refractivity contribution in [1.82, 2.24) is 10.2 Å². The maximum absolute atomic E-state index is 5.83. The first-order valence-corrected chi connectivity index (χ1v) is 5.77. The maximum atomic E-state index is 5.83. The smallest absolute Gasteiger partial charge is 0.0855 e. The van der Waals surface area contributed by atoms with E-state index in [2.05, 4.69) is 24.3 Å². The molecule has 1 aliphatic carbocycles. The molecule has 3 nitrogen and oxygen atoms in total. The Hall–Kier alpha value is -0.120. The van der Waals surface area contributed by atoms with Crippen molar-refractivity contribution in [1.29, 1.82) is 0 Å². The minimum absolute atomic E-state index is 0.402. The van der Waals surface area contributed by atoms with Gasteiger partial charge in [-0.15, -0.1) is 0 Å². The van der Waals surface area contributed by atoms with Gasteiger partial charge >= 0.3 is 0 Å². The van der Waals surface area contributed by atoms with E-state index in [4.69, 9.17) is 4.74 Å². The van der Waals surface area contributed by atoms with Crippen LogP contribution < -0.4 is 5.32 Å². The van der Waals surface area contributed by atoms with Crippen molar-refractivity contribution in [2.45, 2.75) is 31.4 Å². The molecule has 2 rings (SSSR count). The molecule has 3 heteroatoms. The topological polar surface area (TPSA) is 24.5 Å². The van der Waals surface area contributed by atoms with Gasteiger partial charge < -0.3 is 15.0 Å². The van der Waals surface area contributed by atoms with E-state index < -0.39 is 0 Å². The lowest BCUT2D eigenvalue weighted by molar-refractivity contribution is -0.0395. The number of ether oxygens (including phenoxy) is 1. The zero-order chi connectivity index (χ0) is 9.97. The van der Waals surface area contributed by atoms with Gasteiger partial charge in [-0.25, -0.2) is 0 Å². The third-order valence-electron chi connectivity index (χ3n) is 3.40. The Labute approximate surface area is 86.8 Å². The summed E-state index contributed by atoms with van der Waals surface area (Å²) in [5.74, 6) is 0.975. The maximum Gasteiger partial charge on any atom is 0.0855 e. The van der Waals surface area contributed by atoms with Crippen LogP contribution in [0.1, 0.15) is 19.3 Å². The van der Waals surface area contributed by atoms with Gasteiger partial charge in [0.15, 0.2) is 0 Å². The molecule has 1 saturated carbocycles. The fourth-order valence-corrected chi connectivity index (χ4v) is 2.22. The fourth-order valence-electron chi connectivity index (χ4n) is 2.22. The molecule has 1 heterocycles. The van der Waals surface area contributed by atoms with Gasteiger partial charge in [0.1, 0.15) is 0 Å². The number of nitrogens with zero attached hydrogens (tertiary/aromatic N) is 1. The Morgan fingerprint density at radius 1 is 1.50 bits per heavy atom. The van der Waals surface area contributed by atoms with Crippen LogP contribution in [-0.4, -0.2) is 50.8 Å². The average Bonchev–Trinajstić information content (AvgIpc) is 2.98. The molecule has 2 aliphatic rings. The van der Waals surface area contributed by atoms with Crippen LogP contribution in [0.15, 0.2) is 0 Å². The molecular formula is C11H22N2O. The highest BCUT2D eigenvalue weighted by atomic mass is 16.5. The van der Waals surface area contributed by atoms with Gasteiger partial charge in [0, 0.05) is 19.1 Å². The predicted octanol–water partition coefficient (Wildman–Crippen LogP) is 0.705. The van der Waals surface area contributed by atoms with E-state index in [0.29, 0.717) is 12.1 Å². The van der Waals surface area contributed by atoms with Crippen LogP contribution in [0, 0.1) is 5.92 Å². The van der Waals surface area contributed by atoms with Gasteiger partial charge in [-0.05, 0) is 26.4 Å². The number of nitrogens with one attached hydrogen (secondary N) is 1. The normalized spacial score (nSPS) is 31.7. The number of hydrogen-bond donors (Lipinski definition) is 1. The second-order valence-corrected chi connectivity index (χ2v) is 4.75. The summed E-state index contributed by atoms with van der Waals surface area (Å²) in [6, 6.07) is 0.560. The van der Waals surface area contributed by atoms with E-state index >= 15 is 0 Å². The number of morpholine rings is 1. The van der Waals surface area contributed by atoms with E-state index in [-0.39, 0.29) is 0 Å². The molecule has 1 saturated heterocycles. The second-order valence-electron chi connectivity index (χ2n) is 4.75. The van der Waals surface area contributed by atoms with Crippen molar-refractivity contribution in [3.63, 3.8) is 0 Å². The van der Waals surface area contributed by atoms with Crippen molar-refractivity contribution in [2.24, 2.45) is 5.92 Å². The Morgan fingerprint density at radius 2 is 2.29 bits per heavy atom. The van der Waals surface area contributed by atoms with Crippen LogP contribution in [0.3, 0.4) is 0 Å². The van der Waals surface area contributed by atoms with Gasteiger partial charge in [-0.1, -0.05) is 12.8 Å². The monoisotopic (exact) mass is 198 g/mol. The van der Waals surface area contributed by atoms with E-state index in [1.165, 1.54) is 19.3 Å². The summed E-state index contributed by atoms with van der Waals surface area (Å²) >= 11 is 0. The summed E-state index contributed by atoms with van der Waals surface area (Å²) in [5.41, 5.74) is 0. The highest BCUT2D eigenvalue weighted by molar-refractivity contribution is 4.86. The third-order valence-corrected chi connectivity index (χ3v) is 3.40. The molecule has 0 amide bonds. The molecule has 0 aromatic carbocycles. The van der Waals surface area contributed by atoms with Gasteiger partial charge in [0.05, 0.1) is 12.7 Å². The van der Waals surface area contributed by atoms with Gasteiger partial charge in [-0.2, -0.15) is 0 Å². The molecule has 0 aromatic rings. The predicted molar refractivity (Wildman–Crippen MR) is 57.4 cm³/mol. The minimum atomic E-state index is 0.402. The molecule has 14 heavy (non-hydrogen) atoms. The van der Waals surface area contributed by atoms with Gasteiger partial charge in [0.2, 0.25) is 0 Å². The summed E-state index contributed by atoms with van der Waals surface area (Å²) in [6.07, 6.45) is 4.57. The zero-order valence-electron chi connectivity index (χ0n) is 9.33. The number of hydrogen-bond acceptors (Lipinski definition) is 3. The molecule has 1 N–H and O–H groups in total. The van der Waals surface area contributed by atoms with Crippen LogP contribution in [0.5, 0.6) is 0 Å². The molecule has 0 spiro atoms. The van der Waals surface area contributed by atoms with Gasteiger partial charge in [0.25, 0.3) is 0 Å². The van der Waals surface area contributed by atoms with Crippen LogP contribution in [0.25, 0.3) is 0 Å². The quantitative estimate of drug-likeness (QED) is 0.720. The second kappa shape index (κ2) is 4.60. The molecule has 0 aromatic heterocycles. The summed E-state index contributed by atoms with van der Waals surface area (Å²) in [5, 5.41) is 3.41. The van der Waals surface area contributed by atoms with E-state index in [0.717, 1.165) is 25.6 Å². The Morgan fingerprint density at radius 3 is 2.86 bits per heavy atom. The first kappa shape index (κ1) is 10.4. The van der Waals surface area contributed by atoms with Crippen LogP contribution >= 0.6 is 0 Å². The minimum Gasteiger partial charge on any atom is -0.374 e. The summed E-state index contributed by atoms with van der Waals surface area (Å²) in [6.45, 7) is 3.05. The SMILES string of the molecule is CNC(CC1CC1)C1CN(C)CCO1. The van der Waals surface area contributed by atoms with Crippen molar-refractivity contribution >= 4 is 0 Å². The van der Waals surface area contributed by atoms with Crippen LogP contribution in [0.4, 0.5) is 0 Å². The molecular weight excluding hydrogens is 176 g/mol. The Kier molecular flexibility index (Phi) is 3.42. The largest absolute Gasteiger partial charge is 0.374 e. The molecule has 2 fully saturated rings. The molecule has 2 atom stereocenters. The lowest BCUT2D eigenvalue weighted by Gasteiger charge is -2.35. The summed E-state index contributed by atoms with van der Waals surface area (Å²) in [7, 11) is 4.24. The highest BCUT2D eigenvalue weighted by Crippen LogP contribution is 2.34. The zero-order valence-corrected chi connectivity index (χ0v) is 9.33. The Balaban J connectivity index is 1.82. The van der Waals surface area contributed by atoms with Crippen molar-refractivity contribution in [3.8, 4) is 0 Å². The van der Waals surface area contributed by atoms with Crippen molar-refractivity contribution in [2.75, 3.05) is 33.8 Å². The summed E-state index contributed by atoms with van der Waals surface area (Å²) in [4.78, 5) is 2.37. The lowest BCUT2D eigenvalue weighted by Crippen LogP contribution is -2.50. The van der Waals surface area contributed by atoms with Crippen LogP contribution in [0.2, 0.25) is 0 Å². The van der Waals surface area contributed by atoms with Crippen molar-refractivity contribution in [3.05, 3.63) is 0 Å². The van der Waals surface area contributed by atoms with E-state index in [1.54, 1.807) is 0 Å². The van der Waals surface area contributed by atoms with E-state index in [1.807, 2.05) is 0 Å². The molecule has 0 radical (unpaired) electrons. The first-order chi connectivity index (χ1) is 6.79. The van der Waals surface area contributed by atoms with Gasteiger partial charge in [-0.3, -0.25) is 0 Å². The Bertz CT molecular complexity index is 180. The number of rotatable bonds is 4. The fraction of sp³-hybridized carbons (Fsp3) is 1.00. The standard InChI is InChI=1S/C11H22N2O/c1-12-10(7-9-3-4-9)11-8-13(2)5-6-14-11/h9-12H,3-8H2,1-2H3. The van der Waals surface area contributed by atoms with Crippen LogP contribution in [-0.2, 0) is 4.74 Å². The average molecular weight is 198 g/mol. The highest BCUT2D eigenvalue weighted by Gasteiger charge is 2.31. The molecule has 0 bridgehead atoms. The van der Waals surface area contributed by atoms with Crippen molar-refractivity contribution < 1.29 is 4.74 Å². The first-order valence-electron chi connectivity index (χ1n) is 5.77. The molecule has 82 valence electrons.